The Balaban J connectivity index is 2.33. The summed E-state index contributed by atoms with van der Waals surface area (Å²) in [5, 5.41) is 0.233. The summed E-state index contributed by atoms with van der Waals surface area (Å²) in [4.78, 5) is 24.6. The predicted octanol–water partition coefficient (Wildman–Crippen LogP) is 3.67. The maximum atomic E-state index is 11.8. The van der Waals surface area contributed by atoms with E-state index in [1.807, 2.05) is 0 Å². The van der Waals surface area contributed by atoms with Crippen LogP contribution in [0.15, 0.2) is 17.0 Å². The van der Waals surface area contributed by atoms with Crippen LogP contribution in [0.1, 0.15) is 5.56 Å². The Morgan fingerprint density at radius 2 is 2.00 bits per heavy atom. The lowest BCUT2D eigenvalue weighted by Gasteiger charge is -2.08. The standard InChI is InChI=1S/C14H9Cl2NO3S/c1-3-4-20-12-9(15)5-8(6-10(12)16)7-11-13(18)17(2)14(19)21-11/h1,5-7H,4H2,2H3/b11-7-. The molecule has 1 heterocycles. The van der Waals surface area contributed by atoms with Crippen molar-refractivity contribution < 1.29 is 14.3 Å². The number of likely N-dealkylation sites (N-methyl/N-ethyl adjacent to an activating group) is 1. The molecular weight excluding hydrogens is 333 g/mol. The molecular formula is C14H9Cl2NO3S. The third-order valence-corrected chi connectivity index (χ3v) is 4.13. The van der Waals surface area contributed by atoms with Crippen LogP contribution in [-0.2, 0) is 4.79 Å². The van der Waals surface area contributed by atoms with Gasteiger partial charge in [0.2, 0.25) is 0 Å². The molecule has 0 radical (unpaired) electrons. The SMILES string of the molecule is C#CCOc1c(Cl)cc(/C=C2\SC(=O)N(C)C2=O)cc1Cl. The van der Waals surface area contributed by atoms with Gasteiger partial charge < -0.3 is 4.74 Å². The lowest BCUT2D eigenvalue weighted by atomic mass is 10.2. The molecule has 0 spiro atoms. The number of carbonyl (C=O) groups is 2. The van der Waals surface area contributed by atoms with E-state index >= 15 is 0 Å². The zero-order valence-electron chi connectivity index (χ0n) is 10.9. The minimum absolute atomic E-state index is 0.0491. The Labute approximate surface area is 136 Å². The number of terminal acetylenes is 1. The molecule has 7 heteroatoms. The highest BCUT2D eigenvalue weighted by molar-refractivity contribution is 8.18. The lowest BCUT2D eigenvalue weighted by molar-refractivity contribution is -0.121. The van der Waals surface area contributed by atoms with Gasteiger partial charge in [-0.25, -0.2) is 0 Å². The van der Waals surface area contributed by atoms with Crippen molar-refractivity contribution >= 4 is 52.2 Å². The van der Waals surface area contributed by atoms with Crippen molar-refractivity contribution in [2.24, 2.45) is 0 Å². The largest absolute Gasteiger partial charge is 0.478 e. The van der Waals surface area contributed by atoms with Crippen molar-refractivity contribution in [2.75, 3.05) is 13.7 Å². The summed E-state index contributed by atoms with van der Waals surface area (Å²) in [6.45, 7) is 0.0491. The molecule has 21 heavy (non-hydrogen) atoms. The summed E-state index contributed by atoms with van der Waals surface area (Å²) in [7, 11) is 1.43. The van der Waals surface area contributed by atoms with E-state index < -0.39 is 0 Å². The first-order chi connectivity index (χ1) is 9.93. The fraction of sp³-hybridized carbons (Fsp3) is 0.143. The topological polar surface area (TPSA) is 46.6 Å². The van der Waals surface area contributed by atoms with Crippen LogP contribution in [0.5, 0.6) is 5.75 Å². The van der Waals surface area contributed by atoms with Crippen LogP contribution in [0, 0.1) is 12.3 Å². The number of nitrogens with zero attached hydrogens (tertiary/aromatic N) is 1. The first-order valence-electron chi connectivity index (χ1n) is 5.71. The van der Waals surface area contributed by atoms with Crippen molar-refractivity contribution in [3.05, 3.63) is 32.6 Å². The summed E-state index contributed by atoms with van der Waals surface area (Å²) < 4.78 is 5.24. The quantitative estimate of drug-likeness (QED) is 0.621. The molecule has 1 aliphatic heterocycles. The first kappa shape index (κ1) is 15.8. The lowest BCUT2D eigenvalue weighted by Crippen LogP contribution is -2.22. The molecule has 1 aliphatic rings. The molecule has 0 saturated carbocycles. The molecule has 1 aromatic carbocycles. The molecule has 1 fully saturated rings. The molecule has 108 valence electrons. The Bertz CT molecular complexity index is 671. The molecule has 1 saturated heterocycles. The van der Waals surface area contributed by atoms with Gasteiger partial charge >= 0.3 is 0 Å². The number of hydrogen-bond donors (Lipinski definition) is 0. The number of hydrogen-bond acceptors (Lipinski definition) is 4. The van der Waals surface area contributed by atoms with Crippen LogP contribution >= 0.6 is 35.0 Å². The van der Waals surface area contributed by atoms with Gasteiger partial charge in [-0.2, -0.15) is 0 Å². The average molecular weight is 342 g/mol. The van der Waals surface area contributed by atoms with Crippen molar-refractivity contribution in [3.63, 3.8) is 0 Å². The third kappa shape index (κ3) is 3.35. The summed E-state index contributed by atoms with van der Waals surface area (Å²) in [6, 6.07) is 3.17. The highest BCUT2D eigenvalue weighted by atomic mass is 35.5. The normalized spacial score (nSPS) is 16.5. The van der Waals surface area contributed by atoms with E-state index in [4.69, 9.17) is 34.4 Å². The number of halogens is 2. The van der Waals surface area contributed by atoms with E-state index in [0.29, 0.717) is 10.5 Å². The van der Waals surface area contributed by atoms with Crippen molar-refractivity contribution in [2.45, 2.75) is 0 Å². The zero-order chi connectivity index (χ0) is 15.6. The van der Waals surface area contributed by atoms with Crippen LogP contribution in [0.4, 0.5) is 4.79 Å². The van der Waals surface area contributed by atoms with Gasteiger partial charge in [-0.1, -0.05) is 29.1 Å². The van der Waals surface area contributed by atoms with E-state index in [2.05, 4.69) is 5.92 Å². The monoisotopic (exact) mass is 341 g/mol. The number of benzene rings is 1. The minimum atomic E-state index is -0.357. The van der Waals surface area contributed by atoms with Crippen molar-refractivity contribution in [3.8, 4) is 18.1 Å². The average Bonchev–Trinajstić information content (AvgIpc) is 2.65. The van der Waals surface area contributed by atoms with Gasteiger partial charge in [0.25, 0.3) is 11.1 Å². The molecule has 0 unspecified atom stereocenters. The summed E-state index contributed by atoms with van der Waals surface area (Å²) in [5.41, 5.74) is 0.594. The fourth-order valence-corrected chi connectivity index (χ4v) is 3.05. The third-order valence-electron chi connectivity index (χ3n) is 2.60. The Morgan fingerprint density at radius 3 is 2.48 bits per heavy atom. The molecule has 0 aromatic heterocycles. The molecule has 2 amide bonds. The van der Waals surface area contributed by atoms with Gasteiger partial charge in [-0.15, -0.1) is 6.42 Å². The van der Waals surface area contributed by atoms with Crippen LogP contribution in [0.3, 0.4) is 0 Å². The fourth-order valence-electron chi connectivity index (χ4n) is 1.61. The smallest absolute Gasteiger partial charge is 0.293 e. The van der Waals surface area contributed by atoms with Gasteiger partial charge in [0.15, 0.2) is 5.75 Å². The van der Waals surface area contributed by atoms with Gasteiger partial charge in [0, 0.05) is 7.05 Å². The highest BCUT2D eigenvalue weighted by Gasteiger charge is 2.31. The zero-order valence-corrected chi connectivity index (χ0v) is 13.2. The Hall–Kier alpha value is -1.61. The maximum Gasteiger partial charge on any atom is 0.293 e. The van der Waals surface area contributed by atoms with Gasteiger partial charge in [0.1, 0.15) is 6.61 Å². The van der Waals surface area contributed by atoms with Crippen LogP contribution < -0.4 is 4.74 Å². The number of carbonyl (C=O) groups excluding carboxylic acids is 2. The number of imide groups is 1. The second kappa shape index (κ2) is 6.44. The van der Waals surface area contributed by atoms with Crippen LogP contribution in [-0.4, -0.2) is 29.7 Å². The molecule has 0 atom stereocenters. The van der Waals surface area contributed by atoms with Crippen LogP contribution in [0.2, 0.25) is 10.0 Å². The van der Waals surface area contributed by atoms with Crippen molar-refractivity contribution in [1.29, 1.82) is 0 Å². The van der Waals surface area contributed by atoms with E-state index in [1.165, 1.54) is 7.05 Å². The minimum Gasteiger partial charge on any atom is -0.478 e. The van der Waals surface area contributed by atoms with Gasteiger partial charge in [-0.3, -0.25) is 14.5 Å². The molecule has 0 N–H and O–H groups in total. The molecule has 4 nitrogen and oxygen atoms in total. The second-order valence-corrected chi connectivity index (χ2v) is 5.85. The summed E-state index contributed by atoms with van der Waals surface area (Å²) >= 11 is 13.0. The van der Waals surface area contributed by atoms with E-state index in [1.54, 1.807) is 18.2 Å². The van der Waals surface area contributed by atoms with Gasteiger partial charge in [0.05, 0.1) is 15.0 Å². The second-order valence-electron chi connectivity index (χ2n) is 4.05. The molecule has 2 rings (SSSR count). The highest BCUT2D eigenvalue weighted by Crippen LogP contribution is 2.37. The van der Waals surface area contributed by atoms with Gasteiger partial charge in [-0.05, 0) is 35.5 Å². The molecule has 1 aromatic rings. The molecule has 0 aliphatic carbocycles. The number of thioether (sulfide) groups is 1. The van der Waals surface area contributed by atoms with E-state index in [0.717, 1.165) is 16.7 Å². The Kier molecular flexibility index (Phi) is 4.84. The molecule has 0 bridgehead atoms. The maximum absolute atomic E-state index is 11.8. The number of ether oxygens (including phenoxy) is 1. The van der Waals surface area contributed by atoms with Crippen LogP contribution in [0.25, 0.3) is 6.08 Å². The first-order valence-corrected chi connectivity index (χ1v) is 7.28. The predicted molar refractivity (Wildman–Crippen MR) is 84.5 cm³/mol. The van der Waals surface area contributed by atoms with E-state index in [9.17, 15) is 9.59 Å². The summed E-state index contributed by atoms with van der Waals surface area (Å²) in [6.07, 6.45) is 6.66. The van der Waals surface area contributed by atoms with Crippen molar-refractivity contribution in [1.82, 2.24) is 4.90 Å². The van der Waals surface area contributed by atoms with E-state index in [-0.39, 0.29) is 33.5 Å². The Morgan fingerprint density at radius 1 is 1.38 bits per heavy atom. The summed E-state index contributed by atoms with van der Waals surface area (Å²) in [5.74, 6) is 2.25. The number of amides is 2. The number of rotatable bonds is 3.